The van der Waals surface area contributed by atoms with Gasteiger partial charge in [-0.3, -0.25) is 4.79 Å². The first-order chi connectivity index (χ1) is 13.0. The second-order valence-electron chi connectivity index (χ2n) is 6.08. The van der Waals surface area contributed by atoms with Crippen LogP contribution in [-0.2, 0) is 9.53 Å². The topological polar surface area (TPSA) is 83.1 Å². The van der Waals surface area contributed by atoms with Crippen molar-refractivity contribution in [3.05, 3.63) is 47.5 Å². The molecule has 1 N–H and O–H groups in total. The van der Waals surface area contributed by atoms with Crippen LogP contribution in [0.3, 0.4) is 0 Å². The molecule has 3 rings (SSSR count). The predicted molar refractivity (Wildman–Crippen MR) is 98.7 cm³/mol. The number of hydrogen-bond acceptors (Lipinski definition) is 6. The molecule has 1 heterocycles. The molecule has 0 bridgehead atoms. The van der Waals surface area contributed by atoms with Crippen molar-refractivity contribution in [3.63, 3.8) is 0 Å². The Bertz CT molecular complexity index is 864. The van der Waals surface area contributed by atoms with Gasteiger partial charge < -0.3 is 24.3 Å². The van der Waals surface area contributed by atoms with Gasteiger partial charge in [-0.1, -0.05) is 6.07 Å². The van der Waals surface area contributed by atoms with Gasteiger partial charge in [0.1, 0.15) is 19.0 Å². The Morgan fingerprint density at radius 3 is 2.56 bits per heavy atom. The molecule has 1 aliphatic heterocycles. The van der Waals surface area contributed by atoms with Crippen LogP contribution < -0.4 is 19.5 Å². The van der Waals surface area contributed by atoms with E-state index in [4.69, 9.17) is 18.9 Å². The molecule has 0 saturated carbocycles. The number of hydrogen-bond donors (Lipinski definition) is 1. The molecule has 0 fully saturated rings. The molecule has 0 aromatic heterocycles. The predicted octanol–water partition coefficient (Wildman–Crippen LogP) is 2.96. The molecule has 142 valence electrons. The molecule has 0 unspecified atom stereocenters. The van der Waals surface area contributed by atoms with Crippen molar-refractivity contribution in [3.8, 4) is 17.2 Å². The van der Waals surface area contributed by atoms with Gasteiger partial charge in [0.2, 0.25) is 0 Å². The maximum atomic E-state index is 12.3. The highest BCUT2D eigenvalue weighted by atomic mass is 16.6. The van der Waals surface area contributed by atoms with E-state index in [0.29, 0.717) is 41.7 Å². The Labute approximate surface area is 157 Å². The third-order valence-electron chi connectivity index (χ3n) is 4.11. The molecule has 7 nitrogen and oxygen atoms in total. The number of anilines is 1. The molecule has 2 aromatic carbocycles. The van der Waals surface area contributed by atoms with Gasteiger partial charge in [-0.15, -0.1) is 0 Å². The van der Waals surface area contributed by atoms with Crippen LogP contribution in [-0.4, -0.2) is 38.3 Å². The van der Waals surface area contributed by atoms with Crippen LogP contribution >= 0.6 is 0 Å². The van der Waals surface area contributed by atoms with Gasteiger partial charge in [0.25, 0.3) is 5.91 Å². The smallest absolute Gasteiger partial charge is 0.339 e. The summed E-state index contributed by atoms with van der Waals surface area (Å²) in [5.74, 6) is 0.734. The summed E-state index contributed by atoms with van der Waals surface area (Å²) in [5.41, 5.74) is 1.75. The molecule has 2 aromatic rings. The van der Waals surface area contributed by atoms with Crippen LogP contribution in [0.25, 0.3) is 0 Å². The van der Waals surface area contributed by atoms with E-state index in [1.807, 2.05) is 6.92 Å². The zero-order valence-electron chi connectivity index (χ0n) is 15.4. The highest BCUT2D eigenvalue weighted by molar-refractivity contribution is 5.97. The van der Waals surface area contributed by atoms with E-state index in [-0.39, 0.29) is 0 Å². The van der Waals surface area contributed by atoms with Crippen LogP contribution in [0, 0.1) is 6.92 Å². The van der Waals surface area contributed by atoms with E-state index in [9.17, 15) is 9.59 Å². The third-order valence-corrected chi connectivity index (χ3v) is 4.11. The van der Waals surface area contributed by atoms with Crippen molar-refractivity contribution in [1.29, 1.82) is 0 Å². The fourth-order valence-electron chi connectivity index (χ4n) is 2.59. The second kappa shape index (κ2) is 7.99. The number of ether oxygens (including phenoxy) is 4. The van der Waals surface area contributed by atoms with Gasteiger partial charge in [-0.05, 0) is 43.7 Å². The number of methoxy groups -OCH3 is 1. The number of carbonyl (C=O) groups is 2. The average Bonchev–Trinajstić information content (AvgIpc) is 2.68. The summed E-state index contributed by atoms with van der Waals surface area (Å²) < 4.78 is 21.4. The van der Waals surface area contributed by atoms with Crippen LogP contribution in [0.1, 0.15) is 22.8 Å². The number of fused-ring (bicyclic) bond motifs is 1. The third kappa shape index (κ3) is 4.31. The van der Waals surface area contributed by atoms with E-state index in [1.165, 1.54) is 14.0 Å². The van der Waals surface area contributed by atoms with Gasteiger partial charge in [0.05, 0.1) is 12.7 Å². The maximum absolute atomic E-state index is 12.3. The lowest BCUT2D eigenvalue weighted by atomic mass is 10.1. The molecule has 0 spiro atoms. The van der Waals surface area contributed by atoms with E-state index < -0.39 is 18.0 Å². The number of aryl methyl sites for hydroxylation is 1. The summed E-state index contributed by atoms with van der Waals surface area (Å²) in [5, 5.41) is 2.70. The first-order valence-corrected chi connectivity index (χ1v) is 8.54. The number of rotatable bonds is 5. The number of carbonyl (C=O) groups excluding carboxylic acids is 2. The van der Waals surface area contributed by atoms with Gasteiger partial charge in [-0.25, -0.2) is 4.79 Å². The minimum absolute atomic E-state index is 0.316. The molecule has 1 aliphatic rings. The lowest BCUT2D eigenvalue weighted by Crippen LogP contribution is -2.30. The number of nitrogens with one attached hydrogen (secondary N) is 1. The summed E-state index contributed by atoms with van der Waals surface area (Å²) in [6.45, 7) is 4.34. The van der Waals surface area contributed by atoms with Crippen molar-refractivity contribution >= 4 is 17.6 Å². The minimum atomic E-state index is -0.974. The van der Waals surface area contributed by atoms with Gasteiger partial charge in [0.15, 0.2) is 17.6 Å². The lowest BCUT2D eigenvalue weighted by Gasteiger charge is -2.19. The standard InChI is InChI=1S/C20H21NO6/c1-12-4-5-14(10-17(12)24-3)20(23)27-13(2)19(22)21-15-6-7-16-18(11-15)26-9-8-25-16/h4-7,10-11,13H,8-9H2,1-3H3,(H,21,22)/t13-/m0/s1. The molecule has 27 heavy (non-hydrogen) atoms. The Morgan fingerprint density at radius 1 is 1.07 bits per heavy atom. The molecule has 1 atom stereocenters. The quantitative estimate of drug-likeness (QED) is 0.814. The Hall–Kier alpha value is -3.22. The van der Waals surface area contributed by atoms with E-state index >= 15 is 0 Å². The first kappa shape index (κ1) is 18.6. The largest absolute Gasteiger partial charge is 0.496 e. The second-order valence-corrected chi connectivity index (χ2v) is 6.08. The SMILES string of the molecule is COc1cc(C(=O)O[C@@H](C)C(=O)Nc2ccc3c(c2)OCCO3)ccc1C. The summed E-state index contributed by atoms with van der Waals surface area (Å²) >= 11 is 0. The normalized spacial score (nSPS) is 13.4. The number of benzene rings is 2. The van der Waals surface area contributed by atoms with Gasteiger partial charge in [-0.2, -0.15) is 0 Å². The Morgan fingerprint density at radius 2 is 1.81 bits per heavy atom. The van der Waals surface area contributed by atoms with Crippen molar-refractivity contribution in [2.75, 3.05) is 25.6 Å². The van der Waals surface area contributed by atoms with Gasteiger partial charge in [0, 0.05) is 11.8 Å². The summed E-state index contributed by atoms with van der Waals surface area (Å²) in [7, 11) is 1.53. The zero-order valence-corrected chi connectivity index (χ0v) is 15.4. The van der Waals surface area contributed by atoms with E-state index in [1.54, 1.807) is 36.4 Å². The minimum Gasteiger partial charge on any atom is -0.496 e. The maximum Gasteiger partial charge on any atom is 0.339 e. The van der Waals surface area contributed by atoms with Crippen LogP contribution in [0.2, 0.25) is 0 Å². The van der Waals surface area contributed by atoms with Crippen LogP contribution in [0.15, 0.2) is 36.4 Å². The van der Waals surface area contributed by atoms with Crippen molar-refractivity contribution < 1.29 is 28.5 Å². The highest BCUT2D eigenvalue weighted by Crippen LogP contribution is 2.32. The summed E-state index contributed by atoms with van der Waals surface area (Å²) in [6, 6.07) is 10.1. The molecular weight excluding hydrogens is 350 g/mol. The van der Waals surface area contributed by atoms with Crippen molar-refractivity contribution in [2.24, 2.45) is 0 Å². The van der Waals surface area contributed by atoms with Crippen molar-refractivity contribution in [1.82, 2.24) is 0 Å². The summed E-state index contributed by atoms with van der Waals surface area (Å²) in [6.07, 6.45) is -0.974. The average molecular weight is 371 g/mol. The zero-order chi connectivity index (χ0) is 19.4. The van der Waals surface area contributed by atoms with Gasteiger partial charge >= 0.3 is 5.97 Å². The summed E-state index contributed by atoms with van der Waals surface area (Å²) in [4.78, 5) is 24.6. The monoisotopic (exact) mass is 371 g/mol. The van der Waals surface area contributed by atoms with Crippen molar-refractivity contribution in [2.45, 2.75) is 20.0 Å². The number of esters is 1. The fourth-order valence-corrected chi connectivity index (χ4v) is 2.59. The van der Waals surface area contributed by atoms with Crippen LogP contribution in [0.5, 0.6) is 17.2 Å². The van der Waals surface area contributed by atoms with Crippen LogP contribution in [0.4, 0.5) is 5.69 Å². The van der Waals surface area contributed by atoms with E-state index in [0.717, 1.165) is 5.56 Å². The molecule has 7 heteroatoms. The lowest BCUT2D eigenvalue weighted by molar-refractivity contribution is -0.123. The molecule has 1 amide bonds. The number of amides is 1. The highest BCUT2D eigenvalue weighted by Gasteiger charge is 2.21. The first-order valence-electron chi connectivity index (χ1n) is 8.54. The molecule has 0 saturated heterocycles. The Kier molecular flexibility index (Phi) is 5.49. The fraction of sp³-hybridized carbons (Fsp3) is 0.300. The molecule has 0 radical (unpaired) electrons. The molecule has 0 aliphatic carbocycles. The van der Waals surface area contributed by atoms with E-state index in [2.05, 4.69) is 5.32 Å². The molecular formula is C20H21NO6. The Balaban J connectivity index is 1.63.